The lowest BCUT2D eigenvalue weighted by Gasteiger charge is -2.29. The molecular formula is C6H12N2O7. The third-order valence-electron chi connectivity index (χ3n) is 1.79. The highest BCUT2D eigenvalue weighted by atomic mass is 17.0. The summed E-state index contributed by atoms with van der Waals surface area (Å²) in [5, 5.41) is 26.7. The van der Waals surface area contributed by atoms with Crippen LogP contribution in [0.1, 0.15) is 13.8 Å². The molecule has 88 valence electrons. The molecule has 0 aliphatic heterocycles. The Hall–Kier alpha value is -1.64. The van der Waals surface area contributed by atoms with Crippen molar-refractivity contribution in [3.8, 4) is 0 Å². The summed E-state index contributed by atoms with van der Waals surface area (Å²) in [5.74, 6) is 0. The molecule has 0 unspecified atom stereocenters. The monoisotopic (exact) mass is 224 g/mol. The van der Waals surface area contributed by atoms with Gasteiger partial charge in [0, 0.05) is 5.41 Å². The van der Waals surface area contributed by atoms with E-state index in [1.165, 1.54) is 13.8 Å². The number of hydrogen-bond acceptors (Lipinski definition) is 7. The molecule has 0 radical (unpaired) electrons. The Morgan fingerprint density at radius 3 is 2.20 bits per heavy atom. The van der Waals surface area contributed by atoms with Gasteiger partial charge in [-0.05, 0) is 0 Å². The SMILES string of the molecule is CC(C)(CO[N+](=O)[O-])[C@H](CO)O[N+](=O)[O-]. The Kier molecular flexibility index (Phi) is 4.71. The number of nitrogens with zero attached hydrogens (tertiary/aromatic N) is 2. The van der Waals surface area contributed by atoms with Crippen molar-refractivity contribution in [2.45, 2.75) is 20.0 Å². The predicted octanol–water partition coefficient (Wildman–Crippen LogP) is -0.210. The van der Waals surface area contributed by atoms with E-state index in [1.807, 2.05) is 0 Å². The second kappa shape index (κ2) is 5.29. The van der Waals surface area contributed by atoms with E-state index in [1.54, 1.807) is 0 Å². The van der Waals surface area contributed by atoms with Crippen molar-refractivity contribution in [2.24, 2.45) is 5.41 Å². The van der Waals surface area contributed by atoms with E-state index in [-0.39, 0.29) is 0 Å². The van der Waals surface area contributed by atoms with Crippen LogP contribution in [0, 0.1) is 25.6 Å². The number of aliphatic hydroxyl groups is 1. The van der Waals surface area contributed by atoms with Crippen LogP contribution in [0.25, 0.3) is 0 Å². The van der Waals surface area contributed by atoms with Crippen LogP contribution in [0.3, 0.4) is 0 Å². The molecule has 0 saturated carbocycles. The Balaban J connectivity index is 4.36. The molecule has 0 saturated heterocycles. The molecule has 0 amide bonds. The summed E-state index contributed by atoms with van der Waals surface area (Å²) in [6.45, 7) is 1.86. The highest BCUT2D eigenvalue weighted by Gasteiger charge is 2.33. The lowest BCUT2D eigenvalue weighted by atomic mass is 9.88. The summed E-state index contributed by atoms with van der Waals surface area (Å²) in [5.41, 5.74) is -1.05. The maximum Gasteiger partial charge on any atom is 0.294 e. The third kappa shape index (κ3) is 4.96. The Morgan fingerprint density at radius 1 is 1.33 bits per heavy atom. The molecule has 0 aliphatic carbocycles. The van der Waals surface area contributed by atoms with Gasteiger partial charge in [0.05, 0.1) is 6.61 Å². The van der Waals surface area contributed by atoms with Crippen molar-refractivity contribution < 1.29 is 25.0 Å². The fraction of sp³-hybridized carbons (Fsp3) is 1.00. The highest BCUT2D eigenvalue weighted by molar-refractivity contribution is 4.77. The zero-order valence-corrected chi connectivity index (χ0v) is 8.28. The summed E-state index contributed by atoms with van der Waals surface area (Å²) in [4.78, 5) is 28.2. The quantitative estimate of drug-likeness (QED) is 0.468. The second-order valence-electron chi connectivity index (χ2n) is 3.49. The van der Waals surface area contributed by atoms with Crippen LogP contribution in [0.5, 0.6) is 0 Å². The molecule has 9 nitrogen and oxygen atoms in total. The predicted molar refractivity (Wildman–Crippen MR) is 45.7 cm³/mol. The molecule has 0 aromatic carbocycles. The van der Waals surface area contributed by atoms with Gasteiger partial charge in [-0.25, -0.2) is 0 Å². The standard InChI is InChI=1S/C6H12N2O7/c1-6(2,4-14-7(10)11)5(3-9)15-8(12)13/h5,9H,3-4H2,1-2H3/t5-/m0/s1. The Bertz CT molecular complexity index is 242. The number of aliphatic hydroxyl groups excluding tert-OH is 1. The van der Waals surface area contributed by atoms with Crippen molar-refractivity contribution in [3.05, 3.63) is 20.2 Å². The van der Waals surface area contributed by atoms with E-state index >= 15 is 0 Å². The van der Waals surface area contributed by atoms with E-state index < -0.39 is 34.9 Å². The molecule has 9 heteroatoms. The van der Waals surface area contributed by atoms with Gasteiger partial charge in [0.25, 0.3) is 10.2 Å². The van der Waals surface area contributed by atoms with Gasteiger partial charge >= 0.3 is 0 Å². The molecule has 0 heterocycles. The van der Waals surface area contributed by atoms with Crippen LogP contribution in [0.4, 0.5) is 0 Å². The molecular weight excluding hydrogens is 212 g/mol. The topological polar surface area (TPSA) is 125 Å². The van der Waals surface area contributed by atoms with Crippen LogP contribution in [-0.2, 0) is 9.68 Å². The number of rotatable bonds is 7. The smallest absolute Gasteiger partial charge is 0.294 e. The van der Waals surface area contributed by atoms with Gasteiger partial charge in [-0.1, -0.05) is 13.8 Å². The Morgan fingerprint density at radius 2 is 1.87 bits per heavy atom. The lowest BCUT2D eigenvalue weighted by molar-refractivity contribution is -0.780. The minimum Gasteiger partial charge on any atom is -0.394 e. The van der Waals surface area contributed by atoms with Gasteiger partial charge < -0.3 is 14.8 Å². The largest absolute Gasteiger partial charge is 0.394 e. The molecule has 0 bridgehead atoms. The summed E-state index contributed by atoms with van der Waals surface area (Å²) < 4.78 is 0. The average Bonchev–Trinajstić information content (AvgIpc) is 2.10. The van der Waals surface area contributed by atoms with Crippen LogP contribution >= 0.6 is 0 Å². The molecule has 0 aromatic heterocycles. The van der Waals surface area contributed by atoms with Crippen molar-refractivity contribution >= 4 is 0 Å². The van der Waals surface area contributed by atoms with E-state index in [2.05, 4.69) is 9.68 Å². The molecule has 0 aliphatic rings. The fourth-order valence-corrected chi connectivity index (χ4v) is 0.839. The fourth-order valence-electron chi connectivity index (χ4n) is 0.839. The van der Waals surface area contributed by atoms with Crippen molar-refractivity contribution in [2.75, 3.05) is 13.2 Å². The average molecular weight is 224 g/mol. The first-order chi connectivity index (χ1) is 6.79. The summed E-state index contributed by atoms with van der Waals surface area (Å²) >= 11 is 0. The summed E-state index contributed by atoms with van der Waals surface area (Å²) in [6, 6.07) is 0. The third-order valence-corrected chi connectivity index (χ3v) is 1.79. The molecule has 0 fully saturated rings. The van der Waals surface area contributed by atoms with Gasteiger partial charge in [0.15, 0.2) is 0 Å². The van der Waals surface area contributed by atoms with Crippen molar-refractivity contribution in [3.63, 3.8) is 0 Å². The summed E-state index contributed by atoms with van der Waals surface area (Å²) in [6.07, 6.45) is -1.17. The van der Waals surface area contributed by atoms with Gasteiger partial charge in [-0.15, -0.1) is 20.2 Å². The second-order valence-corrected chi connectivity index (χ2v) is 3.49. The first-order valence-electron chi connectivity index (χ1n) is 3.99. The van der Waals surface area contributed by atoms with Crippen molar-refractivity contribution in [1.82, 2.24) is 0 Å². The van der Waals surface area contributed by atoms with Gasteiger partial charge in [-0.2, -0.15) is 0 Å². The van der Waals surface area contributed by atoms with Gasteiger partial charge in [-0.3, -0.25) is 0 Å². The van der Waals surface area contributed by atoms with Crippen LogP contribution in [0.15, 0.2) is 0 Å². The van der Waals surface area contributed by atoms with Crippen LogP contribution < -0.4 is 0 Å². The first-order valence-corrected chi connectivity index (χ1v) is 3.99. The minimum atomic E-state index is -1.17. The van der Waals surface area contributed by atoms with Crippen LogP contribution in [0.2, 0.25) is 0 Å². The number of hydrogen-bond donors (Lipinski definition) is 1. The Labute approximate surface area is 84.8 Å². The zero-order valence-electron chi connectivity index (χ0n) is 8.28. The molecule has 0 spiro atoms. The molecule has 1 N–H and O–H groups in total. The molecule has 0 rings (SSSR count). The molecule has 1 atom stereocenters. The van der Waals surface area contributed by atoms with E-state index in [0.29, 0.717) is 0 Å². The minimum absolute atomic E-state index is 0.404. The van der Waals surface area contributed by atoms with Gasteiger partial charge in [0.2, 0.25) is 0 Å². The first kappa shape index (κ1) is 13.4. The highest BCUT2D eigenvalue weighted by Crippen LogP contribution is 2.23. The van der Waals surface area contributed by atoms with Crippen molar-refractivity contribution in [1.29, 1.82) is 0 Å². The maximum absolute atomic E-state index is 10.1. The zero-order chi connectivity index (χ0) is 12.1. The molecule has 0 aromatic rings. The lowest BCUT2D eigenvalue weighted by Crippen LogP contribution is -2.40. The van der Waals surface area contributed by atoms with E-state index in [0.717, 1.165) is 0 Å². The maximum atomic E-state index is 10.1. The van der Waals surface area contributed by atoms with Crippen LogP contribution in [-0.4, -0.2) is 34.6 Å². The van der Waals surface area contributed by atoms with E-state index in [4.69, 9.17) is 5.11 Å². The van der Waals surface area contributed by atoms with Gasteiger partial charge in [0.1, 0.15) is 12.7 Å². The normalized spacial score (nSPS) is 13.0. The van der Waals surface area contributed by atoms with E-state index in [9.17, 15) is 20.2 Å². The molecule has 15 heavy (non-hydrogen) atoms. The summed E-state index contributed by atoms with van der Waals surface area (Å²) in [7, 11) is 0.